The minimum Gasteiger partial charge on any atom is -0.477 e. The second-order valence-corrected chi connectivity index (χ2v) is 7.53. The number of benzene rings is 1. The van der Waals surface area contributed by atoms with Crippen molar-refractivity contribution in [2.45, 2.75) is 25.8 Å². The van der Waals surface area contributed by atoms with Crippen LogP contribution in [-0.4, -0.2) is 53.3 Å². The van der Waals surface area contributed by atoms with Gasteiger partial charge in [-0.2, -0.15) is 0 Å². The van der Waals surface area contributed by atoms with Crippen LogP contribution < -0.4 is 10.3 Å². The Labute approximate surface area is 160 Å². The van der Waals surface area contributed by atoms with E-state index in [-0.39, 0.29) is 22.0 Å². The predicted octanol–water partition coefficient (Wildman–Crippen LogP) is 2.97. The molecule has 0 unspecified atom stereocenters. The van der Waals surface area contributed by atoms with Crippen molar-refractivity contribution < 1.29 is 14.3 Å². The summed E-state index contributed by atoms with van der Waals surface area (Å²) in [5, 5.41) is 9.56. The molecular weight excluding hydrogens is 373 g/mol. The second-order valence-electron chi connectivity index (χ2n) is 7.15. The van der Waals surface area contributed by atoms with Crippen molar-refractivity contribution in [3.63, 3.8) is 0 Å². The van der Waals surface area contributed by atoms with Gasteiger partial charge in [0.2, 0.25) is 5.43 Å². The van der Waals surface area contributed by atoms with Gasteiger partial charge >= 0.3 is 5.97 Å². The first kappa shape index (κ1) is 18.3. The Bertz CT molecular complexity index is 979. The Kier molecular flexibility index (Phi) is 4.60. The summed E-state index contributed by atoms with van der Waals surface area (Å²) in [5.74, 6) is -1.90. The normalized spacial score (nSPS) is 18.3. The zero-order valence-corrected chi connectivity index (χ0v) is 15.8. The number of carboxylic acid groups (broad SMARTS) is 1. The van der Waals surface area contributed by atoms with Gasteiger partial charge in [-0.15, -0.1) is 0 Å². The number of aromatic nitrogens is 1. The van der Waals surface area contributed by atoms with E-state index in [1.54, 1.807) is 4.57 Å². The molecule has 4 rings (SSSR count). The number of hydrogen-bond donors (Lipinski definition) is 1. The van der Waals surface area contributed by atoms with E-state index in [4.69, 9.17) is 11.6 Å². The number of aromatic carboxylic acids is 1. The summed E-state index contributed by atoms with van der Waals surface area (Å²) in [6.07, 6.45) is 3.12. The van der Waals surface area contributed by atoms with Crippen molar-refractivity contribution >= 4 is 34.2 Å². The zero-order chi connectivity index (χ0) is 19.3. The minimum absolute atomic E-state index is 0.0280. The molecule has 1 N–H and O–H groups in total. The Hall–Kier alpha value is -2.12. The van der Waals surface area contributed by atoms with E-state index >= 15 is 0 Å². The largest absolute Gasteiger partial charge is 0.477 e. The topological polar surface area (TPSA) is 65.8 Å². The van der Waals surface area contributed by atoms with Crippen LogP contribution in [0.15, 0.2) is 17.1 Å². The number of rotatable bonds is 4. The SMILES string of the molecule is CCN1CCN(c2c(F)cc3c(=O)c(C(=O)O)cn(C4CC4)c3c2Cl)CC1. The Balaban J connectivity index is 1.91. The van der Waals surface area contributed by atoms with Gasteiger partial charge in [0, 0.05) is 38.4 Å². The standard InChI is InChI=1S/C19H21ClFN3O3/c1-2-22-5-7-23(8-6-22)17-14(21)9-12-16(15(17)20)24(11-3-4-11)10-13(18(12)25)19(26)27/h9-11H,2-8H2,1H3,(H,26,27). The van der Waals surface area contributed by atoms with Crippen LogP contribution in [0.4, 0.5) is 10.1 Å². The van der Waals surface area contributed by atoms with Gasteiger partial charge < -0.3 is 19.5 Å². The van der Waals surface area contributed by atoms with Crippen LogP contribution in [0.5, 0.6) is 0 Å². The second kappa shape index (κ2) is 6.80. The first-order valence-corrected chi connectivity index (χ1v) is 9.57. The summed E-state index contributed by atoms with van der Waals surface area (Å²) in [6.45, 7) is 5.97. The van der Waals surface area contributed by atoms with Gasteiger partial charge in [0.25, 0.3) is 0 Å². The predicted molar refractivity (Wildman–Crippen MR) is 103 cm³/mol. The van der Waals surface area contributed by atoms with Crippen molar-refractivity contribution in [3.05, 3.63) is 38.9 Å². The third-order valence-electron chi connectivity index (χ3n) is 5.49. The summed E-state index contributed by atoms with van der Waals surface area (Å²) < 4.78 is 16.7. The molecule has 2 fully saturated rings. The first-order valence-electron chi connectivity index (χ1n) is 9.19. The van der Waals surface area contributed by atoms with Crippen molar-refractivity contribution in [1.82, 2.24) is 9.47 Å². The van der Waals surface area contributed by atoms with Gasteiger partial charge in [0.1, 0.15) is 11.4 Å². The Morgan fingerprint density at radius 2 is 1.96 bits per heavy atom. The van der Waals surface area contributed by atoms with Crippen molar-refractivity contribution in [3.8, 4) is 0 Å². The molecule has 144 valence electrons. The lowest BCUT2D eigenvalue weighted by Gasteiger charge is -2.36. The molecule has 1 aliphatic heterocycles. The number of hydrogen-bond acceptors (Lipinski definition) is 4. The molecule has 2 heterocycles. The number of carboxylic acids is 1. The third kappa shape index (κ3) is 3.08. The molecule has 27 heavy (non-hydrogen) atoms. The van der Waals surface area contributed by atoms with Gasteiger partial charge in [-0.05, 0) is 25.5 Å². The average Bonchev–Trinajstić information content (AvgIpc) is 3.48. The average molecular weight is 394 g/mol. The van der Waals surface area contributed by atoms with Crippen molar-refractivity contribution in [1.29, 1.82) is 0 Å². The highest BCUT2D eigenvalue weighted by molar-refractivity contribution is 6.38. The zero-order valence-electron chi connectivity index (χ0n) is 15.0. The van der Waals surface area contributed by atoms with Crippen LogP contribution >= 0.6 is 11.6 Å². The van der Waals surface area contributed by atoms with E-state index in [9.17, 15) is 19.1 Å². The van der Waals surface area contributed by atoms with Crippen LogP contribution in [0, 0.1) is 5.82 Å². The summed E-state index contributed by atoms with van der Waals surface area (Å²) in [5.41, 5.74) is -0.313. The molecule has 8 heteroatoms. The summed E-state index contributed by atoms with van der Waals surface area (Å²) >= 11 is 6.63. The fraction of sp³-hybridized carbons (Fsp3) is 0.474. The Morgan fingerprint density at radius 1 is 1.30 bits per heavy atom. The number of anilines is 1. The highest BCUT2D eigenvalue weighted by Crippen LogP contribution is 2.42. The number of halogens is 2. The summed E-state index contributed by atoms with van der Waals surface area (Å²) in [7, 11) is 0. The van der Waals surface area contributed by atoms with Crippen LogP contribution in [0.25, 0.3) is 10.9 Å². The smallest absolute Gasteiger partial charge is 0.341 e. The number of pyridine rings is 1. The molecule has 0 bridgehead atoms. The highest BCUT2D eigenvalue weighted by Gasteiger charge is 2.30. The molecule has 6 nitrogen and oxygen atoms in total. The Morgan fingerprint density at radius 3 is 2.52 bits per heavy atom. The maximum Gasteiger partial charge on any atom is 0.341 e. The van der Waals surface area contributed by atoms with Gasteiger partial charge in [-0.1, -0.05) is 18.5 Å². The van der Waals surface area contributed by atoms with Gasteiger partial charge in [-0.3, -0.25) is 4.79 Å². The van der Waals surface area contributed by atoms with Crippen LogP contribution in [0.3, 0.4) is 0 Å². The first-order chi connectivity index (χ1) is 12.9. The van der Waals surface area contributed by atoms with Crippen molar-refractivity contribution in [2.75, 3.05) is 37.6 Å². The van der Waals surface area contributed by atoms with E-state index in [2.05, 4.69) is 11.8 Å². The highest BCUT2D eigenvalue weighted by atomic mass is 35.5. The molecule has 1 aromatic carbocycles. The lowest BCUT2D eigenvalue weighted by atomic mass is 10.1. The van der Waals surface area contributed by atoms with Gasteiger partial charge in [0.05, 0.1) is 21.6 Å². The molecule has 1 saturated carbocycles. The maximum atomic E-state index is 15.0. The van der Waals surface area contributed by atoms with Crippen molar-refractivity contribution in [2.24, 2.45) is 0 Å². The summed E-state index contributed by atoms with van der Waals surface area (Å²) in [6, 6.07) is 1.25. The fourth-order valence-corrected chi connectivity index (χ4v) is 4.21. The van der Waals surface area contributed by atoms with Gasteiger partial charge in [-0.25, -0.2) is 9.18 Å². The number of piperazine rings is 1. The summed E-state index contributed by atoms with van der Waals surface area (Å²) in [4.78, 5) is 28.2. The number of carbonyl (C=O) groups is 1. The van der Waals surface area contributed by atoms with Crippen LogP contribution in [-0.2, 0) is 0 Å². The van der Waals surface area contributed by atoms with E-state index < -0.39 is 17.2 Å². The maximum absolute atomic E-state index is 15.0. The van der Waals surface area contributed by atoms with Gasteiger partial charge in [0.15, 0.2) is 0 Å². The molecule has 0 radical (unpaired) electrons. The van der Waals surface area contributed by atoms with E-state index in [0.29, 0.717) is 24.3 Å². The molecular formula is C19H21ClFN3O3. The lowest BCUT2D eigenvalue weighted by molar-refractivity contribution is 0.0695. The minimum atomic E-state index is -1.31. The quantitative estimate of drug-likeness (QED) is 0.865. The third-order valence-corrected chi connectivity index (χ3v) is 5.85. The van der Waals surface area contributed by atoms with Crippen LogP contribution in [0.2, 0.25) is 5.02 Å². The molecule has 2 aromatic rings. The van der Waals surface area contributed by atoms with Crippen LogP contribution in [0.1, 0.15) is 36.2 Å². The molecule has 0 amide bonds. The monoisotopic (exact) mass is 393 g/mol. The molecule has 0 spiro atoms. The molecule has 2 aliphatic rings. The van der Waals surface area contributed by atoms with E-state index in [1.165, 1.54) is 6.20 Å². The molecule has 1 aliphatic carbocycles. The number of fused-ring (bicyclic) bond motifs is 1. The van der Waals surface area contributed by atoms with E-state index in [1.807, 2.05) is 4.90 Å². The molecule has 1 aromatic heterocycles. The fourth-order valence-electron chi connectivity index (χ4n) is 3.80. The number of nitrogens with zero attached hydrogens (tertiary/aromatic N) is 3. The molecule has 0 atom stereocenters. The molecule has 1 saturated heterocycles. The number of likely N-dealkylation sites (N-methyl/N-ethyl adjacent to an activating group) is 1. The van der Waals surface area contributed by atoms with E-state index in [0.717, 1.165) is 38.5 Å². The lowest BCUT2D eigenvalue weighted by Crippen LogP contribution is -2.46.